The molecule has 4 nitrogen and oxygen atoms in total. The Morgan fingerprint density at radius 2 is 1.83 bits per heavy atom. The lowest BCUT2D eigenvalue weighted by Gasteiger charge is -2.13. The van der Waals surface area contributed by atoms with Gasteiger partial charge >= 0.3 is 0 Å². The van der Waals surface area contributed by atoms with E-state index >= 15 is 0 Å². The topological polar surface area (TPSA) is 64.3 Å². The Kier molecular flexibility index (Phi) is 6.80. The van der Waals surface area contributed by atoms with Crippen LogP contribution in [-0.2, 0) is 9.53 Å². The molecule has 124 valence electrons. The van der Waals surface area contributed by atoms with Crippen LogP contribution in [0.3, 0.4) is 0 Å². The lowest BCUT2D eigenvalue weighted by molar-refractivity contribution is -0.111. The molecule has 0 aromatic heterocycles. The van der Waals surface area contributed by atoms with E-state index in [1.54, 1.807) is 25.3 Å². The number of nitrogens with two attached hydrogens (primary N) is 1. The molecule has 1 unspecified atom stereocenters. The zero-order valence-electron chi connectivity index (χ0n) is 13.7. The molecule has 2 aromatic rings. The maximum absolute atomic E-state index is 11.8. The second-order valence-corrected chi connectivity index (χ2v) is 5.23. The van der Waals surface area contributed by atoms with Crippen molar-refractivity contribution in [2.45, 2.75) is 12.5 Å². The van der Waals surface area contributed by atoms with E-state index in [0.717, 1.165) is 12.0 Å². The molecule has 0 aliphatic heterocycles. The van der Waals surface area contributed by atoms with E-state index in [1.807, 2.05) is 54.6 Å². The zero-order valence-corrected chi connectivity index (χ0v) is 13.7. The van der Waals surface area contributed by atoms with Gasteiger partial charge in [0.05, 0.1) is 17.5 Å². The number of carbonyl (C=O) groups is 1. The number of hydrogen-bond acceptors (Lipinski definition) is 3. The van der Waals surface area contributed by atoms with Crippen LogP contribution in [0.25, 0.3) is 0 Å². The molecule has 0 bridgehead atoms. The first-order valence-electron chi connectivity index (χ1n) is 7.77. The van der Waals surface area contributed by atoms with Gasteiger partial charge in [-0.15, -0.1) is 0 Å². The predicted molar refractivity (Wildman–Crippen MR) is 98.6 cm³/mol. The minimum absolute atomic E-state index is 0.00814. The van der Waals surface area contributed by atoms with E-state index in [-0.39, 0.29) is 12.0 Å². The number of carbonyl (C=O) groups excluding carboxylic acids is 1. The summed E-state index contributed by atoms with van der Waals surface area (Å²) in [5.41, 5.74) is 8.07. The monoisotopic (exact) mass is 322 g/mol. The normalized spacial score (nSPS) is 12.5. The molecule has 0 aliphatic carbocycles. The second kappa shape index (κ2) is 9.33. The smallest absolute Gasteiger partial charge is 0.248 e. The molecule has 1 amide bonds. The predicted octanol–water partition coefficient (Wildman–Crippen LogP) is 4.10. The molecule has 24 heavy (non-hydrogen) atoms. The highest BCUT2D eigenvalue weighted by Crippen LogP contribution is 2.20. The summed E-state index contributed by atoms with van der Waals surface area (Å²) in [5.74, 6) is -0.219. The molecule has 1 atom stereocenters. The van der Waals surface area contributed by atoms with E-state index in [0.29, 0.717) is 11.4 Å². The number of ether oxygens (including phenoxy) is 1. The van der Waals surface area contributed by atoms with Crippen LogP contribution in [0.15, 0.2) is 78.9 Å². The standard InChI is InChI=1S/C20H22N2O2/c1-24-19(16-10-4-2-5-11-16)14-6-3-7-15-20(23)22-18-13-9-8-12-17(18)21/h2-13,15,19H,14,21H2,1H3,(H,22,23)/b6-3+,15-7+. The molecule has 2 aromatic carbocycles. The van der Waals surface area contributed by atoms with Crippen molar-refractivity contribution >= 4 is 17.3 Å². The number of nitrogens with one attached hydrogen (secondary N) is 1. The number of benzene rings is 2. The molecule has 0 radical (unpaired) electrons. The van der Waals surface area contributed by atoms with Crippen LogP contribution in [0.2, 0.25) is 0 Å². The Balaban J connectivity index is 1.83. The Bertz CT molecular complexity index is 709. The summed E-state index contributed by atoms with van der Waals surface area (Å²) >= 11 is 0. The van der Waals surface area contributed by atoms with Gasteiger partial charge in [-0.3, -0.25) is 4.79 Å². The maximum atomic E-state index is 11.8. The number of anilines is 2. The first-order chi connectivity index (χ1) is 11.7. The largest absolute Gasteiger partial charge is 0.397 e. The third-order valence-corrected chi connectivity index (χ3v) is 3.52. The number of rotatable bonds is 7. The highest BCUT2D eigenvalue weighted by Gasteiger charge is 2.06. The summed E-state index contributed by atoms with van der Waals surface area (Å²) in [4.78, 5) is 11.8. The van der Waals surface area contributed by atoms with Crippen molar-refractivity contribution in [1.82, 2.24) is 0 Å². The Morgan fingerprint density at radius 3 is 2.54 bits per heavy atom. The molecule has 0 spiro atoms. The quantitative estimate of drug-likeness (QED) is 0.458. The highest BCUT2D eigenvalue weighted by atomic mass is 16.5. The number of nitrogen functional groups attached to an aromatic ring is 1. The van der Waals surface area contributed by atoms with Gasteiger partial charge in [0.1, 0.15) is 0 Å². The van der Waals surface area contributed by atoms with Crippen LogP contribution < -0.4 is 11.1 Å². The van der Waals surface area contributed by atoms with Gasteiger partial charge < -0.3 is 15.8 Å². The lowest BCUT2D eigenvalue weighted by atomic mass is 10.1. The number of methoxy groups -OCH3 is 1. The molecule has 2 rings (SSSR count). The minimum atomic E-state index is -0.219. The molecular weight excluding hydrogens is 300 g/mol. The fourth-order valence-corrected chi connectivity index (χ4v) is 2.25. The summed E-state index contributed by atoms with van der Waals surface area (Å²) in [6.45, 7) is 0. The van der Waals surface area contributed by atoms with Gasteiger partial charge in [-0.25, -0.2) is 0 Å². The fraction of sp³-hybridized carbons (Fsp3) is 0.150. The van der Waals surface area contributed by atoms with Gasteiger partial charge in [-0.05, 0) is 24.1 Å². The SMILES string of the molecule is COC(C/C=C/C=C/C(=O)Nc1ccccc1N)c1ccccc1. The molecule has 4 heteroatoms. The van der Waals surface area contributed by atoms with E-state index in [9.17, 15) is 4.79 Å². The number of amides is 1. The van der Waals surface area contributed by atoms with Crippen molar-refractivity contribution in [2.24, 2.45) is 0 Å². The van der Waals surface area contributed by atoms with Crippen LogP contribution in [0, 0.1) is 0 Å². The third-order valence-electron chi connectivity index (χ3n) is 3.52. The highest BCUT2D eigenvalue weighted by molar-refractivity contribution is 6.01. The van der Waals surface area contributed by atoms with E-state index in [2.05, 4.69) is 5.32 Å². The van der Waals surface area contributed by atoms with Gasteiger partial charge in [0.15, 0.2) is 0 Å². The number of hydrogen-bond donors (Lipinski definition) is 2. The van der Waals surface area contributed by atoms with Gasteiger partial charge in [0, 0.05) is 13.2 Å². The van der Waals surface area contributed by atoms with E-state index in [4.69, 9.17) is 10.5 Å². The molecule has 0 fully saturated rings. The fourth-order valence-electron chi connectivity index (χ4n) is 2.25. The summed E-state index contributed by atoms with van der Waals surface area (Å²) < 4.78 is 5.49. The maximum Gasteiger partial charge on any atom is 0.248 e. The minimum Gasteiger partial charge on any atom is -0.397 e. The van der Waals surface area contributed by atoms with Crippen molar-refractivity contribution in [1.29, 1.82) is 0 Å². The van der Waals surface area contributed by atoms with Gasteiger partial charge in [0.2, 0.25) is 5.91 Å². The van der Waals surface area contributed by atoms with Crippen molar-refractivity contribution in [3.05, 3.63) is 84.5 Å². The van der Waals surface area contributed by atoms with Crippen LogP contribution in [-0.4, -0.2) is 13.0 Å². The van der Waals surface area contributed by atoms with Crippen LogP contribution in [0.1, 0.15) is 18.1 Å². The van der Waals surface area contributed by atoms with Crippen LogP contribution in [0.4, 0.5) is 11.4 Å². The van der Waals surface area contributed by atoms with Crippen molar-refractivity contribution < 1.29 is 9.53 Å². The molecule has 3 N–H and O–H groups in total. The molecular formula is C20H22N2O2. The Labute approximate surface area is 142 Å². The average molecular weight is 322 g/mol. The van der Waals surface area contributed by atoms with E-state index in [1.165, 1.54) is 6.08 Å². The summed E-state index contributed by atoms with van der Waals surface area (Å²) in [7, 11) is 1.69. The summed E-state index contributed by atoms with van der Waals surface area (Å²) in [5, 5.41) is 2.74. The van der Waals surface area contributed by atoms with Gasteiger partial charge in [0.25, 0.3) is 0 Å². The van der Waals surface area contributed by atoms with Crippen molar-refractivity contribution in [3.63, 3.8) is 0 Å². The molecule has 0 heterocycles. The van der Waals surface area contributed by atoms with Gasteiger partial charge in [-0.1, -0.05) is 60.7 Å². The van der Waals surface area contributed by atoms with Crippen molar-refractivity contribution in [3.8, 4) is 0 Å². The first-order valence-corrected chi connectivity index (χ1v) is 7.77. The van der Waals surface area contributed by atoms with Crippen molar-refractivity contribution in [2.75, 3.05) is 18.2 Å². The molecule has 0 saturated carbocycles. The summed E-state index contributed by atoms with van der Waals surface area (Å²) in [6.07, 6.45) is 7.72. The number of para-hydroxylation sites is 2. The Morgan fingerprint density at radius 1 is 1.12 bits per heavy atom. The molecule has 0 saturated heterocycles. The summed E-state index contributed by atoms with van der Waals surface area (Å²) in [6, 6.07) is 17.2. The Hall–Kier alpha value is -2.85. The van der Waals surface area contributed by atoms with E-state index < -0.39 is 0 Å². The average Bonchev–Trinajstić information content (AvgIpc) is 2.61. The third kappa shape index (κ3) is 5.41. The second-order valence-electron chi connectivity index (χ2n) is 5.23. The molecule has 0 aliphatic rings. The lowest BCUT2D eigenvalue weighted by Crippen LogP contribution is -2.09. The van der Waals surface area contributed by atoms with Crippen LogP contribution in [0.5, 0.6) is 0 Å². The zero-order chi connectivity index (χ0) is 17.2. The van der Waals surface area contributed by atoms with Gasteiger partial charge in [-0.2, -0.15) is 0 Å². The number of allylic oxidation sites excluding steroid dienone is 2. The first kappa shape index (κ1) is 17.5. The van der Waals surface area contributed by atoms with Crippen LogP contribution >= 0.6 is 0 Å².